The Morgan fingerprint density at radius 1 is 1.13 bits per heavy atom. The maximum absolute atomic E-state index is 13.0. The van der Waals surface area contributed by atoms with Gasteiger partial charge in [0.05, 0.1) is 12.1 Å². The van der Waals surface area contributed by atoms with Gasteiger partial charge in [0, 0.05) is 17.7 Å². The van der Waals surface area contributed by atoms with Gasteiger partial charge in [0.25, 0.3) is 0 Å². The fourth-order valence-corrected chi connectivity index (χ4v) is 2.50. The molecule has 1 atom stereocenters. The molecular weight excluding hydrogens is 427 g/mol. The zero-order chi connectivity index (χ0) is 22.1. The van der Waals surface area contributed by atoms with Crippen molar-refractivity contribution in [3.8, 4) is 5.75 Å². The van der Waals surface area contributed by atoms with Crippen LogP contribution in [0, 0.1) is 0 Å². The van der Waals surface area contributed by atoms with Gasteiger partial charge >= 0.3 is 12.1 Å². The number of halogens is 4. The second kappa shape index (κ2) is 10.8. The number of methoxy groups -OCH3 is 1. The number of nitrogens with one attached hydrogen (secondary N) is 1. The summed E-state index contributed by atoms with van der Waals surface area (Å²) in [6, 6.07) is 10.2. The number of rotatable bonds is 9. The highest BCUT2D eigenvalue weighted by Crippen LogP contribution is 2.33. The lowest BCUT2D eigenvalue weighted by atomic mass is 10.1. The van der Waals surface area contributed by atoms with Gasteiger partial charge in [-0.25, -0.2) is 4.79 Å². The number of hydrogen-bond acceptors (Lipinski definition) is 5. The van der Waals surface area contributed by atoms with Crippen LogP contribution in [0.3, 0.4) is 0 Å². The van der Waals surface area contributed by atoms with Gasteiger partial charge in [0.2, 0.25) is 12.0 Å². The van der Waals surface area contributed by atoms with Gasteiger partial charge in [-0.1, -0.05) is 29.8 Å². The Balaban J connectivity index is 2.12. The molecule has 0 aliphatic carbocycles. The van der Waals surface area contributed by atoms with Crippen molar-refractivity contribution in [2.24, 2.45) is 0 Å². The van der Waals surface area contributed by atoms with E-state index in [9.17, 15) is 22.8 Å². The van der Waals surface area contributed by atoms with Crippen LogP contribution in [0.5, 0.6) is 5.75 Å². The Morgan fingerprint density at radius 3 is 2.47 bits per heavy atom. The Bertz CT molecular complexity index is 858. The lowest BCUT2D eigenvalue weighted by Gasteiger charge is -2.19. The summed E-state index contributed by atoms with van der Waals surface area (Å²) in [6.45, 7) is -0.269. The molecule has 10 heteroatoms. The maximum atomic E-state index is 13.0. The van der Waals surface area contributed by atoms with E-state index in [1.54, 1.807) is 0 Å². The van der Waals surface area contributed by atoms with Crippen molar-refractivity contribution in [3.05, 3.63) is 64.7 Å². The predicted molar refractivity (Wildman–Crippen MR) is 102 cm³/mol. The van der Waals surface area contributed by atoms with Crippen LogP contribution in [-0.4, -0.2) is 38.7 Å². The Morgan fingerprint density at radius 2 is 1.83 bits per heavy atom. The van der Waals surface area contributed by atoms with Gasteiger partial charge in [-0.3, -0.25) is 4.79 Å². The molecule has 1 N–H and O–H groups in total. The van der Waals surface area contributed by atoms with Crippen molar-refractivity contribution in [1.29, 1.82) is 0 Å². The molecule has 0 spiro atoms. The summed E-state index contributed by atoms with van der Waals surface area (Å²) in [4.78, 5) is 23.9. The van der Waals surface area contributed by atoms with E-state index >= 15 is 0 Å². The van der Waals surface area contributed by atoms with Crippen LogP contribution in [-0.2, 0) is 25.2 Å². The molecule has 1 unspecified atom stereocenters. The van der Waals surface area contributed by atoms with E-state index in [1.165, 1.54) is 43.5 Å². The number of carbonyl (C=O) groups is 2. The van der Waals surface area contributed by atoms with E-state index in [-0.39, 0.29) is 31.4 Å². The van der Waals surface area contributed by atoms with Crippen LogP contribution in [0.25, 0.3) is 0 Å². The van der Waals surface area contributed by atoms with Gasteiger partial charge in [-0.15, -0.1) is 0 Å². The lowest BCUT2D eigenvalue weighted by Crippen LogP contribution is -2.32. The monoisotopic (exact) mass is 445 g/mol. The van der Waals surface area contributed by atoms with Crippen molar-refractivity contribution in [3.63, 3.8) is 0 Å². The highest BCUT2D eigenvalue weighted by atomic mass is 35.5. The minimum absolute atomic E-state index is 0.0326. The molecule has 2 aromatic rings. The summed E-state index contributed by atoms with van der Waals surface area (Å²) in [5.74, 6) is -1.38. The van der Waals surface area contributed by atoms with Crippen molar-refractivity contribution < 1.29 is 37.0 Å². The highest BCUT2D eigenvalue weighted by Gasteiger charge is 2.31. The Hall–Kier alpha value is -2.78. The number of amides is 1. The number of benzene rings is 2. The zero-order valence-electron chi connectivity index (χ0n) is 15.9. The fraction of sp³-hybridized carbons (Fsp3) is 0.300. The summed E-state index contributed by atoms with van der Waals surface area (Å²) in [5.41, 5.74) is -0.575. The summed E-state index contributed by atoms with van der Waals surface area (Å²) in [6.07, 6.45) is -5.89. The van der Waals surface area contributed by atoms with Gasteiger partial charge < -0.3 is 19.5 Å². The molecule has 0 saturated heterocycles. The molecule has 0 heterocycles. The quantitative estimate of drug-likeness (QED) is 0.469. The number of carbonyl (C=O) groups excluding carboxylic acids is 2. The molecular formula is C20H19ClF3NO5. The van der Waals surface area contributed by atoms with Crippen LogP contribution >= 0.6 is 11.6 Å². The van der Waals surface area contributed by atoms with Gasteiger partial charge in [0.1, 0.15) is 19.0 Å². The summed E-state index contributed by atoms with van der Waals surface area (Å²) >= 11 is 5.85. The third kappa shape index (κ3) is 7.23. The van der Waals surface area contributed by atoms with E-state index in [0.717, 1.165) is 12.1 Å². The van der Waals surface area contributed by atoms with E-state index < -0.39 is 23.8 Å². The van der Waals surface area contributed by atoms with Gasteiger partial charge in [-0.2, -0.15) is 13.2 Å². The van der Waals surface area contributed by atoms with Crippen LogP contribution in [0.15, 0.2) is 48.5 Å². The second-order valence-corrected chi connectivity index (χ2v) is 6.46. The van der Waals surface area contributed by atoms with Crippen molar-refractivity contribution >= 4 is 23.5 Å². The fourth-order valence-electron chi connectivity index (χ4n) is 2.37. The van der Waals surface area contributed by atoms with E-state index in [0.29, 0.717) is 10.6 Å². The first-order valence-electron chi connectivity index (χ1n) is 8.72. The number of hydrogen-bond donors (Lipinski definition) is 1. The minimum Gasteiger partial charge on any atom is -0.474 e. The van der Waals surface area contributed by atoms with Crippen LogP contribution in [0.1, 0.15) is 17.2 Å². The van der Waals surface area contributed by atoms with Crippen molar-refractivity contribution in [2.75, 3.05) is 26.9 Å². The smallest absolute Gasteiger partial charge is 0.416 e. The molecule has 2 aromatic carbocycles. The molecule has 0 saturated carbocycles. The topological polar surface area (TPSA) is 73.9 Å². The third-order valence-corrected chi connectivity index (χ3v) is 4.00. The van der Waals surface area contributed by atoms with E-state index in [1.807, 2.05) is 0 Å². The first kappa shape index (κ1) is 23.5. The average Bonchev–Trinajstić information content (AvgIpc) is 2.70. The first-order chi connectivity index (χ1) is 14.2. The first-order valence-corrected chi connectivity index (χ1v) is 9.10. The second-order valence-electron chi connectivity index (χ2n) is 6.03. The lowest BCUT2D eigenvalue weighted by molar-refractivity contribution is -0.152. The molecule has 1 amide bonds. The minimum atomic E-state index is -4.56. The normalized spacial score (nSPS) is 12.2. The molecule has 0 radical (unpaired) electrons. The standard InChI is InChI=1S/C20H19ClF3NO5/c1-28-12-17(26)25-9-10-29-19(27)18(13-5-7-15(21)8-6-13)30-16-4-2-3-14(11-16)20(22,23)24/h2-8,11,18H,9-10,12H2,1H3,(H,25,26). The molecule has 30 heavy (non-hydrogen) atoms. The summed E-state index contributed by atoms with van der Waals surface area (Å²) in [7, 11) is 1.36. The van der Waals surface area contributed by atoms with Crippen LogP contribution in [0.2, 0.25) is 5.02 Å². The number of alkyl halides is 3. The third-order valence-electron chi connectivity index (χ3n) is 3.75. The van der Waals surface area contributed by atoms with Crippen LogP contribution < -0.4 is 10.1 Å². The molecule has 0 aliphatic heterocycles. The SMILES string of the molecule is COCC(=O)NCCOC(=O)C(Oc1cccc(C(F)(F)F)c1)c1ccc(Cl)cc1. The predicted octanol–water partition coefficient (Wildman–Crippen LogP) is 3.78. The maximum Gasteiger partial charge on any atom is 0.416 e. The number of ether oxygens (including phenoxy) is 3. The Labute approximate surface area is 175 Å². The van der Waals surface area contributed by atoms with E-state index in [4.69, 9.17) is 21.1 Å². The summed E-state index contributed by atoms with van der Waals surface area (Å²) in [5, 5.41) is 2.88. The van der Waals surface area contributed by atoms with Gasteiger partial charge in [0.15, 0.2) is 0 Å². The molecule has 0 aromatic heterocycles. The zero-order valence-corrected chi connectivity index (χ0v) is 16.6. The van der Waals surface area contributed by atoms with Crippen molar-refractivity contribution in [1.82, 2.24) is 5.32 Å². The molecule has 6 nitrogen and oxygen atoms in total. The summed E-state index contributed by atoms with van der Waals surface area (Å²) < 4.78 is 54.2. The molecule has 162 valence electrons. The van der Waals surface area contributed by atoms with E-state index in [2.05, 4.69) is 10.1 Å². The number of esters is 1. The molecule has 2 rings (SSSR count). The average molecular weight is 446 g/mol. The van der Waals surface area contributed by atoms with Crippen molar-refractivity contribution in [2.45, 2.75) is 12.3 Å². The van der Waals surface area contributed by atoms with Crippen LogP contribution in [0.4, 0.5) is 13.2 Å². The molecule has 0 bridgehead atoms. The van der Waals surface area contributed by atoms with Gasteiger partial charge in [-0.05, 0) is 30.3 Å². The molecule has 0 fully saturated rings. The highest BCUT2D eigenvalue weighted by molar-refractivity contribution is 6.30. The molecule has 0 aliphatic rings. The largest absolute Gasteiger partial charge is 0.474 e. The Kier molecular flexibility index (Phi) is 8.49.